The van der Waals surface area contributed by atoms with Crippen molar-refractivity contribution in [1.29, 1.82) is 0 Å². The molecule has 142 valence electrons. The maximum atomic E-state index is 10.1. The van der Waals surface area contributed by atoms with Crippen LogP contribution in [0.3, 0.4) is 0 Å². The van der Waals surface area contributed by atoms with Gasteiger partial charge in [-0.3, -0.25) is 0 Å². The first-order valence-electron chi connectivity index (χ1n) is 8.77. The quantitative estimate of drug-likeness (QED) is 0.466. The van der Waals surface area contributed by atoms with Crippen LogP contribution in [0, 0.1) is 24.2 Å². The molecule has 4 N–H and O–H groups in total. The maximum absolute atomic E-state index is 10.1. The van der Waals surface area contributed by atoms with Gasteiger partial charge in [0.15, 0.2) is 0 Å². The Morgan fingerprint density at radius 2 is 1.57 bits per heavy atom. The third kappa shape index (κ3) is 3.28. The lowest BCUT2D eigenvalue weighted by atomic mass is 9.95. The highest BCUT2D eigenvalue weighted by molar-refractivity contribution is 7.25. The van der Waals surface area contributed by atoms with E-state index in [1.807, 2.05) is 36.4 Å². The molecule has 5 unspecified atom stereocenters. The molecule has 5 atom stereocenters. The Morgan fingerprint density at radius 1 is 0.929 bits per heavy atom. The van der Waals surface area contributed by atoms with Crippen LogP contribution in [-0.2, 0) is 4.74 Å². The summed E-state index contributed by atoms with van der Waals surface area (Å²) in [7, 11) is 0. The van der Waals surface area contributed by atoms with Crippen molar-refractivity contribution in [1.82, 2.24) is 0 Å². The zero-order valence-corrected chi connectivity index (χ0v) is 15.6. The SMILES string of the molecule is C#Cc1ccc2c(c1)sc1cc(C#CC3OC(CO)C(O)C(O)C3O)ccc12. The van der Waals surface area contributed by atoms with E-state index < -0.39 is 37.1 Å². The van der Waals surface area contributed by atoms with Gasteiger partial charge in [-0.15, -0.1) is 17.8 Å². The lowest BCUT2D eigenvalue weighted by Gasteiger charge is -2.37. The van der Waals surface area contributed by atoms with Gasteiger partial charge in [0.25, 0.3) is 0 Å². The van der Waals surface area contributed by atoms with Gasteiger partial charge in [0.05, 0.1) is 6.61 Å². The molecule has 6 heteroatoms. The molecule has 1 fully saturated rings. The second-order valence-electron chi connectivity index (χ2n) is 6.69. The average molecular weight is 394 g/mol. The molecule has 2 heterocycles. The minimum Gasteiger partial charge on any atom is -0.394 e. The third-order valence-corrected chi connectivity index (χ3v) is 6.01. The summed E-state index contributed by atoms with van der Waals surface area (Å²) in [5.41, 5.74) is 1.56. The fourth-order valence-electron chi connectivity index (χ4n) is 3.32. The van der Waals surface area contributed by atoms with Crippen molar-refractivity contribution in [3.63, 3.8) is 0 Å². The lowest BCUT2D eigenvalue weighted by Crippen LogP contribution is -2.58. The molecule has 0 bridgehead atoms. The summed E-state index contributed by atoms with van der Waals surface area (Å²) in [4.78, 5) is 0. The first-order valence-corrected chi connectivity index (χ1v) is 9.58. The molecule has 0 radical (unpaired) electrons. The Labute approximate surface area is 165 Å². The number of aliphatic hydroxyl groups is 4. The molecular formula is C22H18O5S. The summed E-state index contributed by atoms with van der Waals surface area (Å²) in [6.07, 6.45) is -0.677. The molecule has 0 amide bonds. The first-order chi connectivity index (χ1) is 13.5. The van der Waals surface area contributed by atoms with E-state index in [9.17, 15) is 20.4 Å². The van der Waals surface area contributed by atoms with Crippen LogP contribution in [0.15, 0.2) is 36.4 Å². The van der Waals surface area contributed by atoms with E-state index in [4.69, 9.17) is 11.2 Å². The van der Waals surface area contributed by atoms with Crippen LogP contribution >= 0.6 is 11.3 Å². The van der Waals surface area contributed by atoms with E-state index in [-0.39, 0.29) is 0 Å². The number of aliphatic hydroxyl groups excluding tert-OH is 4. The highest BCUT2D eigenvalue weighted by atomic mass is 32.1. The Morgan fingerprint density at radius 3 is 2.21 bits per heavy atom. The fraction of sp³-hybridized carbons (Fsp3) is 0.273. The van der Waals surface area contributed by atoms with Crippen LogP contribution in [0.4, 0.5) is 0 Å². The van der Waals surface area contributed by atoms with Gasteiger partial charge < -0.3 is 25.2 Å². The van der Waals surface area contributed by atoms with Crippen LogP contribution in [0.1, 0.15) is 11.1 Å². The van der Waals surface area contributed by atoms with E-state index in [1.165, 1.54) is 0 Å². The third-order valence-electron chi connectivity index (χ3n) is 4.89. The van der Waals surface area contributed by atoms with Crippen molar-refractivity contribution in [3.8, 4) is 24.2 Å². The topological polar surface area (TPSA) is 90.2 Å². The zero-order chi connectivity index (χ0) is 19.8. The smallest absolute Gasteiger partial charge is 0.147 e. The van der Waals surface area contributed by atoms with Gasteiger partial charge in [-0.05, 0) is 24.3 Å². The van der Waals surface area contributed by atoms with Gasteiger partial charge in [0, 0.05) is 31.3 Å². The number of fused-ring (bicyclic) bond motifs is 3. The number of terminal acetylenes is 1. The van der Waals surface area contributed by atoms with Crippen LogP contribution in [0.25, 0.3) is 20.2 Å². The summed E-state index contributed by atoms with van der Waals surface area (Å²) in [5.74, 6) is 8.38. The van der Waals surface area contributed by atoms with Crippen molar-refractivity contribution in [3.05, 3.63) is 47.5 Å². The van der Waals surface area contributed by atoms with E-state index in [0.717, 1.165) is 31.3 Å². The van der Waals surface area contributed by atoms with E-state index in [1.54, 1.807) is 11.3 Å². The molecule has 3 aromatic rings. The first kappa shape index (κ1) is 18.9. The molecular weight excluding hydrogens is 376 g/mol. The molecule has 2 aromatic carbocycles. The fourth-order valence-corrected chi connectivity index (χ4v) is 4.50. The summed E-state index contributed by atoms with van der Waals surface area (Å²) in [5, 5.41) is 41.3. The molecule has 4 rings (SSSR count). The van der Waals surface area contributed by atoms with Gasteiger partial charge in [-0.25, -0.2) is 0 Å². The molecule has 1 aliphatic heterocycles. The van der Waals surface area contributed by atoms with Crippen molar-refractivity contribution in [2.75, 3.05) is 6.61 Å². The number of thiophene rings is 1. The van der Waals surface area contributed by atoms with E-state index in [2.05, 4.69) is 17.8 Å². The second-order valence-corrected chi connectivity index (χ2v) is 7.77. The Hall–Kier alpha value is -2.42. The standard InChI is InChI=1S/C22H18O5S/c1-2-12-3-6-14-15-7-4-13(10-19(15)28-18(14)9-12)5-8-16-20(24)22(26)21(25)17(11-23)27-16/h1,3-4,6-7,9-10,16-17,20-26H,11H2. The summed E-state index contributed by atoms with van der Waals surface area (Å²) in [6, 6.07) is 11.7. The highest BCUT2D eigenvalue weighted by Gasteiger charge is 2.42. The lowest BCUT2D eigenvalue weighted by molar-refractivity contribution is -0.214. The number of ether oxygens (including phenoxy) is 1. The molecule has 0 spiro atoms. The predicted octanol–water partition coefficient (Wildman–Crippen LogP) is 1.23. The minimum atomic E-state index is -1.43. The van der Waals surface area contributed by atoms with Crippen LogP contribution in [0.5, 0.6) is 0 Å². The summed E-state index contributed by atoms with van der Waals surface area (Å²) in [6.45, 7) is -0.476. The Bertz CT molecular complexity index is 1130. The molecule has 5 nitrogen and oxygen atoms in total. The number of hydrogen-bond donors (Lipinski definition) is 4. The van der Waals surface area contributed by atoms with Gasteiger partial charge in [0.2, 0.25) is 0 Å². The maximum Gasteiger partial charge on any atom is 0.147 e. The van der Waals surface area contributed by atoms with Crippen LogP contribution in [-0.4, -0.2) is 57.6 Å². The monoisotopic (exact) mass is 394 g/mol. The number of hydrogen-bond acceptors (Lipinski definition) is 6. The van der Waals surface area contributed by atoms with Crippen molar-refractivity contribution < 1.29 is 25.2 Å². The van der Waals surface area contributed by atoms with Crippen molar-refractivity contribution in [2.24, 2.45) is 0 Å². The second kappa shape index (κ2) is 7.54. The molecule has 1 saturated heterocycles. The average Bonchev–Trinajstić information content (AvgIpc) is 3.08. The summed E-state index contributed by atoms with van der Waals surface area (Å²) < 4.78 is 7.57. The highest BCUT2D eigenvalue weighted by Crippen LogP contribution is 2.34. The van der Waals surface area contributed by atoms with Crippen LogP contribution < -0.4 is 0 Å². The predicted molar refractivity (Wildman–Crippen MR) is 108 cm³/mol. The molecule has 0 aliphatic carbocycles. The summed E-state index contributed by atoms with van der Waals surface area (Å²) >= 11 is 1.62. The zero-order valence-electron chi connectivity index (χ0n) is 14.7. The van der Waals surface area contributed by atoms with Gasteiger partial charge in [0.1, 0.15) is 30.5 Å². The van der Waals surface area contributed by atoms with Gasteiger partial charge in [-0.2, -0.15) is 0 Å². The van der Waals surface area contributed by atoms with Crippen LogP contribution in [0.2, 0.25) is 0 Å². The molecule has 28 heavy (non-hydrogen) atoms. The Balaban J connectivity index is 1.65. The Kier molecular flexibility index (Phi) is 5.09. The van der Waals surface area contributed by atoms with Crippen molar-refractivity contribution in [2.45, 2.75) is 30.5 Å². The molecule has 0 saturated carbocycles. The number of benzene rings is 2. The van der Waals surface area contributed by atoms with Gasteiger partial charge >= 0.3 is 0 Å². The largest absolute Gasteiger partial charge is 0.394 e. The minimum absolute atomic E-state index is 0.476. The number of rotatable bonds is 1. The van der Waals surface area contributed by atoms with E-state index >= 15 is 0 Å². The van der Waals surface area contributed by atoms with Gasteiger partial charge in [-0.1, -0.05) is 29.9 Å². The molecule has 1 aliphatic rings. The molecule has 1 aromatic heterocycles. The normalized spacial score (nSPS) is 27.3. The van der Waals surface area contributed by atoms with E-state index in [0.29, 0.717) is 0 Å². The van der Waals surface area contributed by atoms with Crippen molar-refractivity contribution >= 4 is 31.5 Å².